The minimum atomic E-state index is 0.755. The number of quaternary nitrogens is 1. The third-order valence-electron chi connectivity index (χ3n) is 4.71. The van der Waals surface area contributed by atoms with Crippen molar-refractivity contribution in [2.24, 2.45) is 0 Å². The summed E-state index contributed by atoms with van der Waals surface area (Å²) in [5, 5.41) is 9.92. The zero-order valence-corrected chi connectivity index (χ0v) is 16.1. The zero-order chi connectivity index (χ0) is 18.3. The van der Waals surface area contributed by atoms with Crippen LogP contribution in [0.1, 0.15) is 5.56 Å². The topological polar surface area (TPSA) is 57.3 Å². The zero-order valence-electron chi connectivity index (χ0n) is 15.3. The fourth-order valence-electron chi connectivity index (χ4n) is 3.21. The Bertz CT molecular complexity index is 834. The SMILES string of the molecule is c1ccc(Cn2c(SCC[NH+]3CCOCC3)nnc2-c2cccnc2)cc1. The van der Waals surface area contributed by atoms with E-state index >= 15 is 0 Å². The van der Waals surface area contributed by atoms with Gasteiger partial charge in [-0.05, 0) is 17.7 Å². The maximum absolute atomic E-state index is 5.44. The summed E-state index contributed by atoms with van der Waals surface area (Å²) in [6, 6.07) is 14.4. The van der Waals surface area contributed by atoms with Gasteiger partial charge in [-0.1, -0.05) is 42.1 Å². The van der Waals surface area contributed by atoms with E-state index in [2.05, 4.69) is 44.0 Å². The number of nitrogens with zero attached hydrogens (tertiary/aromatic N) is 4. The average Bonchev–Trinajstić information content (AvgIpc) is 3.13. The van der Waals surface area contributed by atoms with Crippen LogP contribution in [0.3, 0.4) is 0 Å². The molecule has 3 aromatic rings. The van der Waals surface area contributed by atoms with Crippen LogP contribution in [-0.4, -0.2) is 58.3 Å². The van der Waals surface area contributed by atoms with Crippen molar-refractivity contribution in [2.75, 3.05) is 38.6 Å². The predicted molar refractivity (Wildman–Crippen MR) is 106 cm³/mol. The molecule has 0 atom stereocenters. The first kappa shape index (κ1) is 18.2. The third-order valence-corrected chi connectivity index (χ3v) is 5.68. The van der Waals surface area contributed by atoms with Crippen LogP contribution in [0.15, 0.2) is 60.0 Å². The normalized spacial score (nSPS) is 15.1. The number of ether oxygens (including phenoxy) is 1. The van der Waals surface area contributed by atoms with Crippen LogP contribution in [0, 0.1) is 0 Å². The van der Waals surface area contributed by atoms with E-state index < -0.39 is 0 Å². The van der Waals surface area contributed by atoms with Crippen molar-refractivity contribution < 1.29 is 9.64 Å². The smallest absolute Gasteiger partial charge is 0.192 e. The maximum atomic E-state index is 5.44. The Balaban J connectivity index is 1.52. The number of thioether (sulfide) groups is 1. The molecule has 0 amide bonds. The summed E-state index contributed by atoms with van der Waals surface area (Å²) in [6.07, 6.45) is 3.63. The van der Waals surface area contributed by atoms with Crippen molar-refractivity contribution in [3.8, 4) is 11.4 Å². The van der Waals surface area contributed by atoms with Crippen LogP contribution in [0.25, 0.3) is 11.4 Å². The van der Waals surface area contributed by atoms with Gasteiger partial charge in [0.1, 0.15) is 13.1 Å². The van der Waals surface area contributed by atoms with Crippen LogP contribution < -0.4 is 4.90 Å². The Morgan fingerprint density at radius 1 is 1.04 bits per heavy atom. The van der Waals surface area contributed by atoms with E-state index in [1.807, 2.05) is 24.4 Å². The largest absolute Gasteiger partial charge is 0.370 e. The number of benzene rings is 1. The fraction of sp³-hybridized carbons (Fsp3) is 0.350. The number of hydrogen-bond donors (Lipinski definition) is 1. The highest BCUT2D eigenvalue weighted by atomic mass is 32.2. The molecule has 0 unspecified atom stereocenters. The lowest BCUT2D eigenvalue weighted by atomic mass is 10.2. The van der Waals surface area contributed by atoms with Crippen LogP contribution >= 0.6 is 11.8 Å². The molecule has 27 heavy (non-hydrogen) atoms. The second-order valence-corrected chi connectivity index (χ2v) is 7.64. The quantitative estimate of drug-likeness (QED) is 0.626. The van der Waals surface area contributed by atoms with Gasteiger partial charge < -0.3 is 9.64 Å². The highest BCUT2D eigenvalue weighted by molar-refractivity contribution is 7.99. The molecule has 4 rings (SSSR count). The number of hydrogen-bond acceptors (Lipinski definition) is 5. The van der Waals surface area contributed by atoms with E-state index in [1.54, 1.807) is 22.9 Å². The highest BCUT2D eigenvalue weighted by Gasteiger charge is 2.17. The molecular formula is C20H24N5OS+. The van der Waals surface area contributed by atoms with E-state index in [9.17, 15) is 0 Å². The summed E-state index contributed by atoms with van der Waals surface area (Å²) >= 11 is 1.78. The van der Waals surface area contributed by atoms with E-state index in [4.69, 9.17) is 4.74 Å². The second kappa shape index (κ2) is 9.12. The molecule has 0 bridgehead atoms. The number of aromatic nitrogens is 4. The molecule has 1 aliphatic heterocycles. The monoisotopic (exact) mass is 382 g/mol. The number of pyridine rings is 1. The molecule has 0 saturated carbocycles. The minimum Gasteiger partial charge on any atom is -0.370 e. The molecule has 3 heterocycles. The number of nitrogens with one attached hydrogen (secondary N) is 1. The van der Waals surface area contributed by atoms with Gasteiger partial charge in [0.25, 0.3) is 0 Å². The molecule has 1 N–H and O–H groups in total. The Morgan fingerprint density at radius 3 is 2.67 bits per heavy atom. The van der Waals surface area contributed by atoms with Crippen LogP contribution in [-0.2, 0) is 11.3 Å². The summed E-state index contributed by atoms with van der Waals surface area (Å²) in [5.41, 5.74) is 2.23. The van der Waals surface area contributed by atoms with Crippen LogP contribution in [0.5, 0.6) is 0 Å². The molecule has 0 aliphatic carbocycles. The molecule has 1 fully saturated rings. The number of rotatable bonds is 7. The van der Waals surface area contributed by atoms with E-state index in [0.717, 1.165) is 61.7 Å². The van der Waals surface area contributed by atoms with Gasteiger partial charge >= 0.3 is 0 Å². The summed E-state index contributed by atoms with van der Waals surface area (Å²) in [4.78, 5) is 5.85. The minimum absolute atomic E-state index is 0.755. The van der Waals surface area contributed by atoms with E-state index in [1.165, 1.54) is 5.56 Å². The van der Waals surface area contributed by atoms with Gasteiger partial charge in [0, 0.05) is 18.0 Å². The summed E-state index contributed by atoms with van der Waals surface area (Å²) in [7, 11) is 0. The first-order valence-electron chi connectivity index (χ1n) is 9.32. The van der Waals surface area contributed by atoms with Crippen molar-refractivity contribution in [2.45, 2.75) is 11.7 Å². The second-order valence-electron chi connectivity index (χ2n) is 6.58. The van der Waals surface area contributed by atoms with E-state index in [0.29, 0.717) is 0 Å². The Labute approximate surface area is 163 Å². The lowest BCUT2D eigenvalue weighted by Crippen LogP contribution is -3.14. The predicted octanol–water partition coefficient (Wildman–Crippen LogP) is 1.40. The van der Waals surface area contributed by atoms with Gasteiger partial charge in [0.15, 0.2) is 11.0 Å². The average molecular weight is 383 g/mol. The van der Waals surface area contributed by atoms with E-state index in [-0.39, 0.29) is 0 Å². The molecule has 2 aromatic heterocycles. The molecule has 0 radical (unpaired) electrons. The van der Waals surface area contributed by atoms with Gasteiger partial charge in [-0.15, -0.1) is 10.2 Å². The van der Waals surface area contributed by atoms with Gasteiger partial charge in [0.05, 0.1) is 32.1 Å². The fourth-order valence-corrected chi connectivity index (χ4v) is 4.19. The van der Waals surface area contributed by atoms with Gasteiger partial charge in [-0.2, -0.15) is 0 Å². The first-order chi connectivity index (χ1) is 13.4. The molecule has 0 spiro atoms. The third kappa shape index (κ3) is 4.74. The van der Waals surface area contributed by atoms with Crippen molar-refractivity contribution in [1.29, 1.82) is 0 Å². The summed E-state index contributed by atoms with van der Waals surface area (Å²) in [5.74, 6) is 1.89. The standard InChI is InChI=1S/C20H23N5OS/c1-2-5-17(6-3-1)16-25-19(18-7-4-8-21-15-18)22-23-20(25)27-14-11-24-9-12-26-13-10-24/h1-8,15H,9-14,16H2/p+1. The first-order valence-corrected chi connectivity index (χ1v) is 10.3. The lowest BCUT2D eigenvalue weighted by molar-refractivity contribution is -0.905. The van der Waals surface area contributed by atoms with Gasteiger partial charge in [-0.3, -0.25) is 9.55 Å². The molecule has 1 aromatic carbocycles. The molecular weight excluding hydrogens is 358 g/mol. The molecule has 7 heteroatoms. The summed E-state index contributed by atoms with van der Waals surface area (Å²) < 4.78 is 7.64. The molecule has 6 nitrogen and oxygen atoms in total. The Kier molecular flexibility index (Phi) is 6.13. The Morgan fingerprint density at radius 2 is 1.89 bits per heavy atom. The lowest BCUT2D eigenvalue weighted by Gasteiger charge is -2.23. The van der Waals surface area contributed by atoms with Crippen molar-refractivity contribution in [1.82, 2.24) is 19.7 Å². The van der Waals surface area contributed by atoms with Gasteiger partial charge in [-0.25, -0.2) is 0 Å². The highest BCUT2D eigenvalue weighted by Crippen LogP contribution is 2.24. The molecule has 1 aliphatic rings. The van der Waals surface area contributed by atoms with Gasteiger partial charge in [0.2, 0.25) is 0 Å². The summed E-state index contributed by atoms with van der Waals surface area (Å²) in [6.45, 7) is 5.81. The van der Waals surface area contributed by atoms with Crippen molar-refractivity contribution in [3.63, 3.8) is 0 Å². The Hall–Kier alpha value is -2.22. The maximum Gasteiger partial charge on any atom is 0.192 e. The van der Waals surface area contributed by atoms with Crippen LogP contribution in [0.2, 0.25) is 0 Å². The number of morpholine rings is 1. The molecule has 1 saturated heterocycles. The molecule has 140 valence electrons. The van der Waals surface area contributed by atoms with Crippen molar-refractivity contribution >= 4 is 11.8 Å². The van der Waals surface area contributed by atoms with Crippen LogP contribution in [0.4, 0.5) is 0 Å². The van der Waals surface area contributed by atoms with Crippen molar-refractivity contribution in [3.05, 3.63) is 60.4 Å².